The maximum Gasteiger partial charge on any atom is 0.234 e. The van der Waals surface area contributed by atoms with Crippen LogP contribution in [-0.2, 0) is 20.0 Å². The van der Waals surface area contributed by atoms with Gasteiger partial charge < -0.3 is 5.32 Å². The number of sulfone groups is 1. The van der Waals surface area contributed by atoms with Gasteiger partial charge in [-0.3, -0.25) is 9.69 Å². The lowest BCUT2D eigenvalue weighted by Gasteiger charge is -2.26. The quantitative estimate of drug-likeness (QED) is 0.867. The van der Waals surface area contributed by atoms with E-state index in [0.29, 0.717) is 26.2 Å². The highest BCUT2D eigenvalue weighted by Gasteiger charge is 2.45. The van der Waals surface area contributed by atoms with E-state index in [1.807, 2.05) is 11.0 Å². The molecule has 1 amide bonds. The van der Waals surface area contributed by atoms with Crippen molar-refractivity contribution in [1.29, 1.82) is 0 Å². The molecule has 1 N–H and O–H groups in total. The van der Waals surface area contributed by atoms with Crippen LogP contribution in [0.1, 0.15) is 24.0 Å². The third-order valence-corrected chi connectivity index (χ3v) is 6.61. The van der Waals surface area contributed by atoms with Crippen molar-refractivity contribution in [2.45, 2.75) is 25.2 Å². The molecule has 0 spiro atoms. The summed E-state index contributed by atoms with van der Waals surface area (Å²) in [6, 6.07) is 8.37. The van der Waals surface area contributed by atoms with Crippen molar-refractivity contribution < 1.29 is 13.2 Å². The molecule has 1 aliphatic heterocycles. The van der Waals surface area contributed by atoms with Crippen molar-refractivity contribution in [2.75, 3.05) is 37.7 Å². The van der Waals surface area contributed by atoms with E-state index in [-0.39, 0.29) is 22.8 Å². The standard InChI is InChI=1S/C17H24N2O3S/c1-14-4-2-3-5-15(14)17(6-7-17)13-18-16(20)12-19-8-10-23(21,22)11-9-19/h2-5H,6-13H2,1H3,(H,18,20). The molecule has 1 aromatic rings. The molecule has 5 nitrogen and oxygen atoms in total. The van der Waals surface area contributed by atoms with Gasteiger partial charge in [-0.2, -0.15) is 0 Å². The lowest BCUT2D eigenvalue weighted by Crippen LogP contribution is -2.46. The predicted octanol–water partition coefficient (Wildman–Crippen LogP) is 0.873. The minimum Gasteiger partial charge on any atom is -0.354 e. The number of carbonyl (C=O) groups is 1. The minimum absolute atomic E-state index is 0.0100. The van der Waals surface area contributed by atoms with Gasteiger partial charge >= 0.3 is 0 Å². The van der Waals surface area contributed by atoms with Crippen LogP contribution < -0.4 is 5.32 Å². The lowest BCUT2D eigenvalue weighted by atomic mass is 9.92. The Kier molecular flexibility index (Phi) is 4.47. The molecule has 0 atom stereocenters. The summed E-state index contributed by atoms with van der Waals surface area (Å²) in [5.41, 5.74) is 2.72. The van der Waals surface area contributed by atoms with E-state index in [9.17, 15) is 13.2 Å². The maximum absolute atomic E-state index is 12.2. The van der Waals surface area contributed by atoms with Crippen molar-refractivity contribution in [2.24, 2.45) is 0 Å². The molecule has 1 aromatic carbocycles. The fourth-order valence-corrected chi connectivity index (χ4v) is 4.57. The fourth-order valence-electron chi connectivity index (χ4n) is 3.30. The van der Waals surface area contributed by atoms with Crippen LogP contribution >= 0.6 is 0 Å². The summed E-state index contributed by atoms with van der Waals surface area (Å²) >= 11 is 0. The first-order valence-corrected chi connectivity index (χ1v) is 9.98. The summed E-state index contributed by atoms with van der Waals surface area (Å²) in [6.45, 7) is 3.99. The zero-order valence-electron chi connectivity index (χ0n) is 13.5. The van der Waals surface area contributed by atoms with E-state index in [4.69, 9.17) is 0 Å². The fraction of sp³-hybridized carbons (Fsp3) is 0.588. The number of hydrogen-bond acceptors (Lipinski definition) is 4. The Bertz CT molecular complexity index is 682. The molecule has 0 bridgehead atoms. The first kappa shape index (κ1) is 16.5. The summed E-state index contributed by atoms with van der Waals surface area (Å²) < 4.78 is 22.8. The highest BCUT2D eigenvalue weighted by atomic mass is 32.2. The van der Waals surface area contributed by atoms with Crippen LogP contribution in [0.3, 0.4) is 0 Å². The Morgan fingerprint density at radius 2 is 1.87 bits per heavy atom. The number of nitrogens with one attached hydrogen (secondary N) is 1. The summed E-state index contributed by atoms with van der Waals surface area (Å²) in [5.74, 6) is 0.310. The van der Waals surface area contributed by atoms with Crippen LogP contribution in [-0.4, -0.2) is 56.9 Å². The third-order valence-electron chi connectivity index (χ3n) is 5.00. The average molecular weight is 336 g/mol. The van der Waals surface area contributed by atoms with Crippen LogP contribution in [0.2, 0.25) is 0 Å². The Hall–Kier alpha value is -1.40. The Labute approximate surface area is 138 Å². The van der Waals surface area contributed by atoms with Gasteiger partial charge in [-0.25, -0.2) is 8.42 Å². The number of nitrogens with zero attached hydrogens (tertiary/aromatic N) is 1. The Morgan fingerprint density at radius 3 is 2.48 bits per heavy atom. The SMILES string of the molecule is Cc1ccccc1C1(CNC(=O)CN2CCS(=O)(=O)CC2)CC1. The topological polar surface area (TPSA) is 66.5 Å². The molecule has 6 heteroatoms. The molecule has 2 fully saturated rings. The summed E-state index contributed by atoms with van der Waals surface area (Å²) in [7, 11) is -2.89. The number of carbonyl (C=O) groups excluding carboxylic acids is 1. The molecule has 1 heterocycles. The molecular formula is C17H24N2O3S. The highest BCUT2D eigenvalue weighted by Crippen LogP contribution is 2.48. The van der Waals surface area contributed by atoms with E-state index >= 15 is 0 Å². The van der Waals surface area contributed by atoms with Gasteiger partial charge in [0, 0.05) is 25.0 Å². The zero-order chi connectivity index (χ0) is 16.5. The number of hydrogen-bond donors (Lipinski definition) is 1. The number of benzene rings is 1. The minimum atomic E-state index is -2.89. The van der Waals surface area contributed by atoms with Gasteiger partial charge in [0.15, 0.2) is 9.84 Å². The molecule has 2 aliphatic rings. The second-order valence-electron chi connectivity index (χ2n) is 6.80. The van der Waals surface area contributed by atoms with Crippen LogP contribution in [0.15, 0.2) is 24.3 Å². The van der Waals surface area contributed by atoms with E-state index in [0.717, 1.165) is 12.8 Å². The second kappa shape index (κ2) is 6.24. The van der Waals surface area contributed by atoms with E-state index in [1.165, 1.54) is 11.1 Å². The van der Waals surface area contributed by atoms with E-state index in [2.05, 4.69) is 30.4 Å². The molecule has 0 aromatic heterocycles. The van der Waals surface area contributed by atoms with Crippen LogP contribution in [0, 0.1) is 6.92 Å². The third kappa shape index (κ3) is 3.93. The van der Waals surface area contributed by atoms with Crippen molar-refractivity contribution in [3.05, 3.63) is 35.4 Å². The average Bonchev–Trinajstić information content (AvgIpc) is 3.29. The van der Waals surface area contributed by atoms with Gasteiger partial charge in [0.1, 0.15) is 0 Å². The molecule has 3 rings (SSSR count). The van der Waals surface area contributed by atoms with Gasteiger partial charge in [0.05, 0.1) is 18.1 Å². The first-order valence-electron chi connectivity index (χ1n) is 8.16. The monoisotopic (exact) mass is 336 g/mol. The van der Waals surface area contributed by atoms with Crippen LogP contribution in [0.5, 0.6) is 0 Å². The van der Waals surface area contributed by atoms with Gasteiger partial charge in [0.25, 0.3) is 0 Å². The zero-order valence-corrected chi connectivity index (χ0v) is 14.4. The summed E-state index contributed by atoms with van der Waals surface area (Å²) in [4.78, 5) is 14.1. The summed E-state index contributed by atoms with van der Waals surface area (Å²) in [6.07, 6.45) is 2.22. The van der Waals surface area contributed by atoms with Crippen LogP contribution in [0.4, 0.5) is 0 Å². The lowest BCUT2D eigenvalue weighted by molar-refractivity contribution is -0.122. The number of aryl methyl sites for hydroxylation is 1. The Balaban J connectivity index is 1.51. The molecular weight excluding hydrogens is 312 g/mol. The number of rotatable bonds is 5. The molecule has 1 aliphatic carbocycles. The molecule has 0 unspecified atom stereocenters. The maximum atomic E-state index is 12.2. The van der Waals surface area contributed by atoms with Gasteiger partial charge in [-0.05, 0) is 30.9 Å². The Morgan fingerprint density at radius 1 is 1.22 bits per heavy atom. The van der Waals surface area contributed by atoms with Gasteiger partial charge in [-0.1, -0.05) is 24.3 Å². The number of amides is 1. The molecule has 1 saturated carbocycles. The first-order chi connectivity index (χ1) is 10.9. The molecule has 0 radical (unpaired) electrons. The molecule has 126 valence electrons. The van der Waals surface area contributed by atoms with Crippen molar-refractivity contribution >= 4 is 15.7 Å². The second-order valence-corrected chi connectivity index (χ2v) is 9.10. The normalized spacial score (nSPS) is 22.5. The van der Waals surface area contributed by atoms with Gasteiger partial charge in [-0.15, -0.1) is 0 Å². The molecule has 1 saturated heterocycles. The van der Waals surface area contributed by atoms with Crippen LogP contribution in [0.25, 0.3) is 0 Å². The van der Waals surface area contributed by atoms with Crippen molar-refractivity contribution in [3.8, 4) is 0 Å². The smallest absolute Gasteiger partial charge is 0.234 e. The predicted molar refractivity (Wildman–Crippen MR) is 90.2 cm³/mol. The van der Waals surface area contributed by atoms with E-state index in [1.54, 1.807) is 0 Å². The largest absolute Gasteiger partial charge is 0.354 e. The molecule has 23 heavy (non-hydrogen) atoms. The van der Waals surface area contributed by atoms with Crippen molar-refractivity contribution in [1.82, 2.24) is 10.2 Å². The van der Waals surface area contributed by atoms with Gasteiger partial charge in [0.2, 0.25) is 5.91 Å². The van der Waals surface area contributed by atoms with E-state index < -0.39 is 9.84 Å². The summed E-state index contributed by atoms with van der Waals surface area (Å²) in [5, 5.41) is 3.05. The van der Waals surface area contributed by atoms with Crippen molar-refractivity contribution in [3.63, 3.8) is 0 Å². The highest BCUT2D eigenvalue weighted by molar-refractivity contribution is 7.91.